The van der Waals surface area contributed by atoms with Crippen LogP contribution in [0.15, 0.2) is 24.3 Å². The Morgan fingerprint density at radius 3 is 2.24 bits per heavy atom. The van der Waals surface area contributed by atoms with Gasteiger partial charge in [0, 0.05) is 18.8 Å². The van der Waals surface area contributed by atoms with E-state index >= 15 is 0 Å². The molecule has 3 saturated heterocycles. The molecule has 0 aromatic heterocycles. The minimum Gasteiger partial charge on any atom is -0.341 e. The molecular formula is C21H29N3O4S. The number of likely N-dealkylation sites (tertiary alicyclic amines) is 1. The molecule has 3 aliphatic heterocycles. The number of aryl methyl sites for hydroxylation is 1. The van der Waals surface area contributed by atoms with Gasteiger partial charge in [-0.05, 0) is 37.0 Å². The predicted molar refractivity (Wildman–Crippen MR) is 112 cm³/mol. The van der Waals surface area contributed by atoms with Gasteiger partial charge in [0.1, 0.15) is 6.54 Å². The fraction of sp³-hybridized carbons (Fsp3) is 0.619. The molecule has 2 unspecified atom stereocenters. The third-order valence-corrected chi connectivity index (χ3v) is 8.06. The van der Waals surface area contributed by atoms with Crippen LogP contribution < -0.4 is 4.90 Å². The zero-order valence-electron chi connectivity index (χ0n) is 16.9. The Kier molecular flexibility index (Phi) is 5.55. The molecule has 3 heterocycles. The van der Waals surface area contributed by atoms with Crippen LogP contribution in [0.2, 0.25) is 0 Å². The van der Waals surface area contributed by atoms with Crippen LogP contribution in [0.5, 0.6) is 0 Å². The van der Waals surface area contributed by atoms with E-state index < -0.39 is 21.9 Å². The summed E-state index contributed by atoms with van der Waals surface area (Å²) in [6, 6.07) is 6.52. The van der Waals surface area contributed by atoms with Gasteiger partial charge in [-0.15, -0.1) is 0 Å². The van der Waals surface area contributed by atoms with Crippen LogP contribution in [0.4, 0.5) is 10.5 Å². The number of hydrogen-bond acceptors (Lipinski definition) is 4. The summed E-state index contributed by atoms with van der Waals surface area (Å²) in [5.41, 5.74) is 1.85. The monoisotopic (exact) mass is 419 g/mol. The van der Waals surface area contributed by atoms with E-state index in [1.54, 1.807) is 4.90 Å². The Labute approximate surface area is 172 Å². The highest BCUT2D eigenvalue weighted by Crippen LogP contribution is 2.35. The van der Waals surface area contributed by atoms with E-state index in [1.165, 1.54) is 4.90 Å². The van der Waals surface area contributed by atoms with Crippen molar-refractivity contribution in [2.24, 2.45) is 0 Å². The van der Waals surface area contributed by atoms with Gasteiger partial charge < -0.3 is 9.80 Å². The minimum absolute atomic E-state index is 0.0426. The molecule has 2 atom stereocenters. The Morgan fingerprint density at radius 1 is 1.00 bits per heavy atom. The fourth-order valence-electron chi connectivity index (χ4n) is 4.72. The average molecular weight is 420 g/mol. The maximum absolute atomic E-state index is 13.3. The van der Waals surface area contributed by atoms with Crippen LogP contribution in [-0.4, -0.2) is 73.4 Å². The van der Waals surface area contributed by atoms with Gasteiger partial charge in [0.15, 0.2) is 9.84 Å². The van der Waals surface area contributed by atoms with Gasteiger partial charge in [-0.1, -0.05) is 31.9 Å². The molecule has 0 N–H and O–H groups in total. The smallest absolute Gasteiger partial charge is 0.325 e. The second kappa shape index (κ2) is 7.97. The first-order valence-corrected chi connectivity index (χ1v) is 12.4. The summed E-state index contributed by atoms with van der Waals surface area (Å²) in [6.45, 7) is 3.45. The van der Waals surface area contributed by atoms with Gasteiger partial charge in [-0.25, -0.2) is 13.2 Å². The number of carbonyl (C=O) groups excluding carboxylic acids is 2. The summed E-state index contributed by atoms with van der Waals surface area (Å²) in [6.07, 6.45) is 5.10. The third kappa shape index (κ3) is 3.99. The minimum atomic E-state index is -3.24. The SMILES string of the molecule is CCc1ccc(N2C(=O)N(CC(=O)N3CCCCCC3)C3CS(=O)(=O)CC32)cc1. The molecule has 4 rings (SSSR count). The van der Waals surface area contributed by atoms with Crippen LogP contribution in [0, 0.1) is 0 Å². The maximum atomic E-state index is 13.3. The van der Waals surface area contributed by atoms with Gasteiger partial charge in [0.2, 0.25) is 5.91 Å². The average Bonchev–Trinajstić information content (AvgIpc) is 2.99. The number of fused-ring (bicyclic) bond motifs is 1. The highest BCUT2D eigenvalue weighted by Gasteiger charge is 2.54. The molecule has 0 bridgehead atoms. The first-order chi connectivity index (χ1) is 13.9. The number of nitrogens with zero attached hydrogens (tertiary/aromatic N) is 3. The highest BCUT2D eigenvalue weighted by molar-refractivity contribution is 7.91. The lowest BCUT2D eigenvalue weighted by Gasteiger charge is -2.26. The van der Waals surface area contributed by atoms with Crippen molar-refractivity contribution in [2.45, 2.75) is 51.1 Å². The molecule has 0 radical (unpaired) electrons. The molecule has 1 aromatic carbocycles. The molecule has 1 aromatic rings. The number of carbonyl (C=O) groups is 2. The van der Waals surface area contributed by atoms with E-state index in [0.717, 1.165) is 50.8 Å². The number of rotatable bonds is 4. The standard InChI is InChI=1S/C21H29N3O4S/c1-2-16-7-9-17(10-8-16)24-19-15-29(27,28)14-18(19)23(21(24)26)13-20(25)22-11-5-3-4-6-12-22/h7-10,18-19H,2-6,11-15H2,1H3. The number of anilines is 1. The van der Waals surface area contributed by atoms with Crippen molar-refractivity contribution in [3.63, 3.8) is 0 Å². The Bertz CT molecular complexity index is 876. The van der Waals surface area contributed by atoms with Crippen LogP contribution in [0.3, 0.4) is 0 Å². The number of hydrogen-bond donors (Lipinski definition) is 0. The molecule has 0 aliphatic carbocycles. The van der Waals surface area contributed by atoms with E-state index in [0.29, 0.717) is 5.69 Å². The molecule has 158 valence electrons. The van der Waals surface area contributed by atoms with Crippen LogP contribution in [0.25, 0.3) is 0 Å². The molecule has 29 heavy (non-hydrogen) atoms. The molecule has 8 heteroatoms. The molecule has 0 spiro atoms. The van der Waals surface area contributed by atoms with Gasteiger partial charge in [-0.3, -0.25) is 9.69 Å². The second-order valence-electron chi connectivity index (χ2n) is 8.31. The highest BCUT2D eigenvalue weighted by atomic mass is 32.2. The Balaban J connectivity index is 1.58. The van der Waals surface area contributed by atoms with Crippen LogP contribution in [0.1, 0.15) is 38.2 Å². The zero-order valence-corrected chi connectivity index (χ0v) is 17.7. The molecule has 3 amide bonds. The van der Waals surface area contributed by atoms with Crippen molar-refractivity contribution in [1.82, 2.24) is 9.80 Å². The number of benzene rings is 1. The molecular weight excluding hydrogens is 390 g/mol. The summed E-state index contributed by atoms with van der Waals surface area (Å²) in [5.74, 6) is -0.195. The van der Waals surface area contributed by atoms with Crippen molar-refractivity contribution >= 4 is 27.5 Å². The second-order valence-corrected chi connectivity index (χ2v) is 10.5. The summed E-state index contributed by atoms with van der Waals surface area (Å²) in [4.78, 5) is 31.1. The van der Waals surface area contributed by atoms with Crippen LogP contribution >= 0.6 is 0 Å². The fourth-order valence-corrected chi connectivity index (χ4v) is 6.67. The van der Waals surface area contributed by atoms with Crippen molar-refractivity contribution in [2.75, 3.05) is 36.0 Å². The topological polar surface area (TPSA) is 78.0 Å². The van der Waals surface area contributed by atoms with E-state index in [1.807, 2.05) is 29.2 Å². The van der Waals surface area contributed by atoms with Gasteiger partial charge in [0.25, 0.3) is 0 Å². The number of urea groups is 1. The summed E-state index contributed by atoms with van der Waals surface area (Å²) in [7, 11) is -3.24. The van der Waals surface area contributed by atoms with Gasteiger partial charge in [0.05, 0.1) is 23.6 Å². The van der Waals surface area contributed by atoms with E-state index in [4.69, 9.17) is 0 Å². The van der Waals surface area contributed by atoms with E-state index in [-0.39, 0.29) is 30.0 Å². The molecule has 3 fully saturated rings. The lowest BCUT2D eigenvalue weighted by atomic mass is 10.1. The lowest BCUT2D eigenvalue weighted by Crippen LogP contribution is -2.46. The first kappa shape index (κ1) is 20.2. The van der Waals surface area contributed by atoms with Crippen molar-refractivity contribution in [1.29, 1.82) is 0 Å². The molecule has 3 aliphatic rings. The predicted octanol–water partition coefficient (Wildman–Crippen LogP) is 2.06. The molecule has 7 nitrogen and oxygen atoms in total. The van der Waals surface area contributed by atoms with Gasteiger partial charge in [-0.2, -0.15) is 0 Å². The van der Waals surface area contributed by atoms with Crippen molar-refractivity contribution < 1.29 is 18.0 Å². The normalized spacial score (nSPS) is 26.5. The number of sulfone groups is 1. The quantitative estimate of drug-likeness (QED) is 0.700. The van der Waals surface area contributed by atoms with Crippen molar-refractivity contribution in [3.8, 4) is 0 Å². The lowest BCUT2D eigenvalue weighted by molar-refractivity contribution is -0.131. The van der Waals surface area contributed by atoms with Crippen LogP contribution in [-0.2, 0) is 21.1 Å². The zero-order chi connectivity index (χ0) is 20.6. The maximum Gasteiger partial charge on any atom is 0.325 e. The van der Waals surface area contributed by atoms with Gasteiger partial charge >= 0.3 is 6.03 Å². The Morgan fingerprint density at radius 2 is 1.62 bits per heavy atom. The summed E-state index contributed by atoms with van der Waals surface area (Å²) in [5, 5.41) is 0. The third-order valence-electron chi connectivity index (χ3n) is 6.36. The summed E-state index contributed by atoms with van der Waals surface area (Å²) >= 11 is 0. The first-order valence-electron chi connectivity index (χ1n) is 10.6. The summed E-state index contributed by atoms with van der Waals surface area (Å²) < 4.78 is 24.7. The van der Waals surface area contributed by atoms with E-state index in [2.05, 4.69) is 6.92 Å². The van der Waals surface area contributed by atoms with E-state index in [9.17, 15) is 18.0 Å². The Hall–Kier alpha value is -2.09. The number of amides is 3. The molecule has 0 saturated carbocycles. The largest absolute Gasteiger partial charge is 0.341 e. The van der Waals surface area contributed by atoms with Crippen molar-refractivity contribution in [3.05, 3.63) is 29.8 Å².